The number of hydrogen-bond acceptors (Lipinski definition) is 4. The van der Waals surface area contributed by atoms with Crippen molar-refractivity contribution in [2.75, 3.05) is 19.8 Å². The predicted octanol–water partition coefficient (Wildman–Crippen LogP) is 2.72. The second-order valence-corrected chi connectivity index (χ2v) is 5.46. The van der Waals surface area contributed by atoms with Crippen molar-refractivity contribution in [3.8, 4) is 11.5 Å². The van der Waals surface area contributed by atoms with E-state index in [0.717, 1.165) is 0 Å². The molecule has 0 heterocycles. The highest BCUT2D eigenvalue weighted by molar-refractivity contribution is 5.78. The summed E-state index contributed by atoms with van der Waals surface area (Å²) in [5.74, 6) is -1.64. The van der Waals surface area contributed by atoms with Crippen LogP contribution in [0.25, 0.3) is 0 Å². The number of halogens is 3. The predicted molar refractivity (Wildman–Crippen MR) is 82.6 cm³/mol. The van der Waals surface area contributed by atoms with Crippen molar-refractivity contribution >= 4 is 11.9 Å². The largest absolute Gasteiger partial charge is 0.481 e. The number of aliphatic carboxylic acids is 1. The van der Waals surface area contributed by atoms with E-state index < -0.39 is 31.3 Å². The first kappa shape index (κ1) is 20.6. The molecule has 0 unspecified atom stereocenters. The number of amides is 1. The topological polar surface area (TPSA) is 76.1 Å². The molecule has 0 spiro atoms. The molecule has 1 N–H and O–H groups in total. The third-order valence-corrected chi connectivity index (χ3v) is 3.10. The van der Waals surface area contributed by atoms with Gasteiger partial charge < -0.3 is 19.5 Å². The van der Waals surface area contributed by atoms with Crippen molar-refractivity contribution < 1.29 is 37.3 Å². The zero-order valence-electron chi connectivity index (χ0n) is 13.9. The van der Waals surface area contributed by atoms with Gasteiger partial charge in [-0.05, 0) is 26.0 Å². The molecular weight excluding hydrogens is 343 g/mol. The number of carbonyl (C=O) groups excluding carboxylic acids is 1. The Bertz CT molecular complexity index is 589. The molecule has 0 bridgehead atoms. The molecule has 25 heavy (non-hydrogen) atoms. The van der Waals surface area contributed by atoms with Gasteiger partial charge in [0.25, 0.3) is 5.91 Å². The third kappa shape index (κ3) is 7.77. The van der Waals surface area contributed by atoms with E-state index in [0.29, 0.717) is 0 Å². The van der Waals surface area contributed by atoms with Crippen LogP contribution < -0.4 is 9.47 Å². The molecular formula is C16H20F3NO5. The Morgan fingerprint density at radius 3 is 2.20 bits per heavy atom. The molecule has 1 rings (SSSR count). The quantitative estimate of drug-likeness (QED) is 0.730. The van der Waals surface area contributed by atoms with Gasteiger partial charge in [0.1, 0.15) is 0 Å². The van der Waals surface area contributed by atoms with E-state index in [2.05, 4.69) is 4.74 Å². The van der Waals surface area contributed by atoms with E-state index in [1.54, 1.807) is 13.8 Å². The molecule has 1 aromatic carbocycles. The zero-order chi connectivity index (χ0) is 19.0. The molecule has 0 aliphatic heterocycles. The highest BCUT2D eigenvalue weighted by Gasteiger charge is 2.29. The SMILES string of the molecule is CC(C)N(CCC(=O)O)C(=O)COc1ccccc1OCC(F)(F)F. The van der Waals surface area contributed by atoms with Crippen molar-refractivity contribution in [3.63, 3.8) is 0 Å². The van der Waals surface area contributed by atoms with Crippen LogP contribution in [0.4, 0.5) is 13.2 Å². The van der Waals surface area contributed by atoms with Gasteiger partial charge in [-0.2, -0.15) is 13.2 Å². The number of hydrogen-bond donors (Lipinski definition) is 1. The van der Waals surface area contributed by atoms with Gasteiger partial charge in [0.15, 0.2) is 24.7 Å². The molecule has 0 atom stereocenters. The molecule has 0 saturated carbocycles. The lowest BCUT2D eigenvalue weighted by atomic mass is 10.2. The molecule has 0 fully saturated rings. The minimum absolute atomic E-state index is 0.00189. The van der Waals surface area contributed by atoms with Crippen molar-refractivity contribution in [1.82, 2.24) is 4.90 Å². The van der Waals surface area contributed by atoms with Crippen molar-refractivity contribution in [2.24, 2.45) is 0 Å². The van der Waals surface area contributed by atoms with Gasteiger partial charge in [-0.25, -0.2) is 0 Å². The van der Waals surface area contributed by atoms with Crippen LogP contribution in [0.3, 0.4) is 0 Å². The Morgan fingerprint density at radius 1 is 1.16 bits per heavy atom. The number of ether oxygens (including phenoxy) is 2. The van der Waals surface area contributed by atoms with Crippen LogP contribution in [-0.4, -0.2) is 53.9 Å². The maximum absolute atomic E-state index is 12.3. The van der Waals surface area contributed by atoms with Gasteiger partial charge in [-0.15, -0.1) is 0 Å². The summed E-state index contributed by atoms with van der Waals surface area (Å²) < 4.78 is 46.7. The lowest BCUT2D eigenvalue weighted by Gasteiger charge is -2.26. The molecule has 9 heteroatoms. The highest BCUT2D eigenvalue weighted by atomic mass is 19.4. The van der Waals surface area contributed by atoms with Crippen LogP contribution in [-0.2, 0) is 9.59 Å². The van der Waals surface area contributed by atoms with E-state index >= 15 is 0 Å². The first-order valence-corrected chi connectivity index (χ1v) is 7.53. The molecule has 0 radical (unpaired) electrons. The Labute approximate surface area is 143 Å². The average molecular weight is 363 g/mol. The maximum atomic E-state index is 12.3. The van der Waals surface area contributed by atoms with E-state index in [1.165, 1.54) is 29.2 Å². The summed E-state index contributed by atoms with van der Waals surface area (Å²) in [5, 5.41) is 8.72. The van der Waals surface area contributed by atoms with E-state index in [1.807, 2.05) is 0 Å². The summed E-state index contributed by atoms with van der Waals surface area (Å²) in [6.07, 6.45) is -4.70. The van der Waals surface area contributed by atoms with Crippen LogP contribution in [0, 0.1) is 0 Å². The second-order valence-electron chi connectivity index (χ2n) is 5.46. The Balaban J connectivity index is 2.69. The van der Waals surface area contributed by atoms with Gasteiger partial charge in [-0.1, -0.05) is 12.1 Å². The monoisotopic (exact) mass is 363 g/mol. The van der Waals surface area contributed by atoms with Crippen molar-refractivity contribution in [2.45, 2.75) is 32.5 Å². The Kier molecular flexibility index (Phi) is 7.53. The van der Waals surface area contributed by atoms with Gasteiger partial charge in [0.2, 0.25) is 0 Å². The minimum atomic E-state index is -4.49. The standard InChI is InChI=1S/C16H20F3NO5/c1-11(2)20(8-7-15(22)23)14(21)9-24-12-5-3-4-6-13(12)25-10-16(17,18)19/h3-6,11H,7-10H2,1-2H3,(H,22,23). The van der Waals surface area contributed by atoms with Crippen LogP contribution in [0.15, 0.2) is 24.3 Å². The number of alkyl halides is 3. The molecule has 0 aromatic heterocycles. The van der Waals surface area contributed by atoms with E-state index in [-0.39, 0.29) is 30.5 Å². The normalized spacial score (nSPS) is 11.3. The van der Waals surface area contributed by atoms with Gasteiger partial charge in [-0.3, -0.25) is 9.59 Å². The number of carbonyl (C=O) groups is 2. The fourth-order valence-corrected chi connectivity index (χ4v) is 1.96. The molecule has 0 saturated heterocycles. The molecule has 1 aromatic rings. The third-order valence-electron chi connectivity index (χ3n) is 3.10. The first-order chi connectivity index (χ1) is 11.6. The number of benzene rings is 1. The van der Waals surface area contributed by atoms with Gasteiger partial charge in [0, 0.05) is 12.6 Å². The number of nitrogens with zero attached hydrogens (tertiary/aromatic N) is 1. The van der Waals surface area contributed by atoms with E-state index in [4.69, 9.17) is 9.84 Å². The number of para-hydroxylation sites is 2. The molecule has 6 nitrogen and oxygen atoms in total. The van der Waals surface area contributed by atoms with Crippen LogP contribution in [0.2, 0.25) is 0 Å². The molecule has 1 amide bonds. The summed E-state index contributed by atoms with van der Waals surface area (Å²) in [5.41, 5.74) is 0. The Morgan fingerprint density at radius 2 is 1.72 bits per heavy atom. The fraction of sp³-hybridized carbons (Fsp3) is 0.500. The molecule has 0 aliphatic carbocycles. The van der Waals surface area contributed by atoms with Crippen molar-refractivity contribution in [1.29, 1.82) is 0 Å². The van der Waals surface area contributed by atoms with Gasteiger partial charge >= 0.3 is 12.1 Å². The Hall–Kier alpha value is -2.45. The van der Waals surface area contributed by atoms with E-state index in [9.17, 15) is 22.8 Å². The average Bonchev–Trinajstić information content (AvgIpc) is 2.50. The minimum Gasteiger partial charge on any atom is -0.481 e. The molecule has 140 valence electrons. The summed E-state index contributed by atoms with van der Waals surface area (Å²) in [6.45, 7) is 1.55. The number of rotatable bonds is 9. The number of carboxylic acids is 1. The lowest BCUT2D eigenvalue weighted by molar-refractivity contribution is -0.154. The van der Waals surface area contributed by atoms with Crippen LogP contribution in [0.5, 0.6) is 11.5 Å². The zero-order valence-corrected chi connectivity index (χ0v) is 13.9. The smallest absolute Gasteiger partial charge is 0.422 e. The lowest BCUT2D eigenvalue weighted by Crippen LogP contribution is -2.41. The van der Waals surface area contributed by atoms with Gasteiger partial charge in [0.05, 0.1) is 6.42 Å². The summed E-state index contributed by atoms with van der Waals surface area (Å²) in [7, 11) is 0. The van der Waals surface area contributed by atoms with Crippen LogP contribution in [0.1, 0.15) is 20.3 Å². The highest BCUT2D eigenvalue weighted by Crippen LogP contribution is 2.28. The maximum Gasteiger partial charge on any atom is 0.422 e. The summed E-state index contributed by atoms with van der Waals surface area (Å²) >= 11 is 0. The fourth-order valence-electron chi connectivity index (χ4n) is 1.96. The summed E-state index contributed by atoms with van der Waals surface area (Å²) in [4.78, 5) is 24.2. The first-order valence-electron chi connectivity index (χ1n) is 7.53. The molecule has 0 aliphatic rings. The van der Waals surface area contributed by atoms with Crippen molar-refractivity contribution in [3.05, 3.63) is 24.3 Å². The summed E-state index contributed by atoms with van der Waals surface area (Å²) in [6, 6.07) is 5.46. The number of carboxylic acid groups (broad SMARTS) is 1. The van der Waals surface area contributed by atoms with Crippen LogP contribution >= 0.6 is 0 Å². The second kappa shape index (κ2) is 9.14.